The van der Waals surface area contributed by atoms with E-state index in [9.17, 15) is 82.6 Å². The second kappa shape index (κ2) is 32.1. The Bertz CT molecular complexity index is 5470. The number of nitro groups is 2. The molecule has 0 saturated carbocycles. The molecule has 20 rings (SSSR count). The predicted molar refractivity (Wildman–Crippen MR) is 412 cm³/mol. The van der Waals surface area contributed by atoms with Crippen LogP contribution in [0.3, 0.4) is 0 Å². The Morgan fingerprint density at radius 3 is 0.807 bits per heavy atom. The average molecular weight is 1630 g/mol. The summed E-state index contributed by atoms with van der Waals surface area (Å²) in [6, 6.07) is 41.9. The largest absolute Gasteiger partial charge is 0.399 e. The van der Waals surface area contributed by atoms with E-state index in [0.29, 0.717) is 107 Å². The lowest BCUT2D eigenvalue weighted by Crippen LogP contribution is -2.48. The van der Waals surface area contributed by atoms with Crippen LogP contribution in [0.4, 0.5) is 51.5 Å². The molecule has 7 aromatic rings. The maximum absolute atomic E-state index is 12.0. The summed E-state index contributed by atoms with van der Waals surface area (Å²) in [5, 5.41) is 70.6. The van der Waals surface area contributed by atoms with Crippen LogP contribution < -0.4 is 59.3 Å². The number of likely N-dealkylation sites (N-methyl/N-ethyl adjacent to an activating group) is 3. The van der Waals surface area contributed by atoms with E-state index in [4.69, 9.17) is 42.1 Å². The van der Waals surface area contributed by atoms with Crippen LogP contribution in [0.2, 0.25) is 0 Å². The number of urea groups is 6. The minimum absolute atomic E-state index is 0.00295. The molecule has 0 radical (unpaired) electrons. The van der Waals surface area contributed by atoms with Crippen LogP contribution in [0.5, 0.6) is 0 Å². The smallest absolute Gasteiger partial charge is 0.324 e. The molecule has 6 spiro atoms. The SMILES string of the molecule is CN1C(=O)NC(=O)C12Cc1ccc(N)cc1C2.CN1C(=O)NC(=O)C12Cc1ccc([N+](=O)[O-])cc1C2.CN1C(=O)NC(=O)C12Cc1ccccc1C2.Nc1ccc2c(c1)CC1(C2)NC(=O)NC1=O.O=C1Cc2ccccc2C1.O=C1NC(=O)C2(Cc3ccc([N+](=O)[O-])cc3C2)N1.O=C1NC(=O)C2(Cc3ccccc3C2)N1.O=[N+]([O-])O.O=[N+]([O-])O. The molecule has 7 aliphatic carbocycles. The standard InChI is InChI=1S/C12H11N3O4.C12H13N3O2.C12H12N2O2.C11H9N3O4.C11H11N3O2.C11H10N2O2.C9H8O.2HNO3/c1-14-11(17)13-10(16)12(14)5-7-2-3-9(15(18)19)4-8(7)6-12;1-15-11(17)14-10(16)12(15)5-7-2-3-9(13)4-8(7)6-12;1-14-11(16)13-10(15)12(14)6-8-4-2-3-5-9(8)7-12;15-9-11(13-10(16)12-9)4-6-1-2-8(14(17)18)3-7(6)5-11;12-8-2-1-6-4-11(5-7(6)3-8)9(15)13-10(16)14-11;14-9-11(13-10(15)12-9)5-7-3-1-2-4-8(7)6-11;10-9-5-7-3-1-2-4-8(7)6-9;2*2-1(3)4/h2-4H,5-6H2,1H3,(H,13,16,17);2-4H,5-6,13H2,1H3,(H,14,16,17);2-5H,6-7H2,1H3,(H,13,15,16);1-3H,4-5H2,(H2,12,13,15,16);1-3H,4-5,12H2,(H2,13,14,15,16);1-4H,5-6H2,(H2,12,13,14,15);1-4H,5-6H2;2*(H,2,3,4). The van der Waals surface area contributed by atoms with Gasteiger partial charge in [-0.2, -0.15) is 0 Å². The predicted octanol–water partition coefficient (Wildman–Crippen LogP) is 2.85. The maximum atomic E-state index is 12.0. The van der Waals surface area contributed by atoms with E-state index in [1.165, 1.54) is 61.2 Å². The van der Waals surface area contributed by atoms with Gasteiger partial charge in [-0.15, -0.1) is 20.2 Å². The molecular formula is C78H76N18O23. The fourth-order valence-electron chi connectivity index (χ4n) is 17.0. The summed E-state index contributed by atoms with van der Waals surface area (Å²) >= 11 is 0. The van der Waals surface area contributed by atoms with E-state index in [1.54, 1.807) is 33.3 Å². The monoisotopic (exact) mass is 1630 g/mol. The fourth-order valence-corrected chi connectivity index (χ4v) is 17.0. The summed E-state index contributed by atoms with van der Waals surface area (Å²) in [5.74, 6) is -1.18. The number of rotatable bonds is 2. The van der Waals surface area contributed by atoms with Crippen LogP contribution in [0, 0.1) is 40.5 Å². The molecule has 616 valence electrons. The van der Waals surface area contributed by atoms with Crippen molar-refractivity contribution in [3.8, 4) is 0 Å². The fraction of sp³-hybridized carbons (Fsp3) is 0.295. The molecule has 6 fully saturated rings. The summed E-state index contributed by atoms with van der Waals surface area (Å²) < 4.78 is 0. The quantitative estimate of drug-likeness (QED) is 0.0512. The molecule has 6 aliphatic heterocycles. The number of imide groups is 6. The van der Waals surface area contributed by atoms with E-state index < -0.39 is 71.3 Å². The summed E-state index contributed by atoms with van der Waals surface area (Å²) in [5.41, 5.74) is 22.5. The Kier molecular flexibility index (Phi) is 22.4. The average Bonchev–Trinajstić information content (AvgIpc) is 1.60. The molecule has 41 heteroatoms. The van der Waals surface area contributed by atoms with Crippen molar-refractivity contribution in [3.63, 3.8) is 0 Å². The van der Waals surface area contributed by atoms with Gasteiger partial charge in [0.1, 0.15) is 39.0 Å². The van der Waals surface area contributed by atoms with Crippen molar-refractivity contribution in [1.82, 2.24) is 62.6 Å². The number of fused-ring (bicyclic) bond motifs is 7. The molecule has 41 nitrogen and oxygen atoms in total. The van der Waals surface area contributed by atoms with Crippen molar-refractivity contribution in [3.05, 3.63) is 264 Å². The first-order chi connectivity index (χ1) is 56.2. The van der Waals surface area contributed by atoms with Crippen molar-refractivity contribution in [2.45, 2.75) is 123 Å². The minimum Gasteiger partial charge on any atom is -0.399 e. The van der Waals surface area contributed by atoms with Crippen molar-refractivity contribution in [2.24, 2.45) is 0 Å². The zero-order chi connectivity index (χ0) is 86.2. The van der Waals surface area contributed by atoms with Gasteiger partial charge in [0, 0.05) is 147 Å². The van der Waals surface area contributed by atoms with E-state index in [0.717, 1.165) is 55.6 Å². The zero-order valence-electron chi connectivity index (χ0n) is 63.5. The minimum atomic E-state index is -1.50. The number of nitrogen functional groups attached to an aromatic ring is 2. The van der Waals surface area contributed by atoms with Gasteiger partial charge in [-0.05, 0) is 102 Å². The van der Waals surface area contributed by atoms with Gasteiger partial charge in [-0.25, -0.2) is 28.8 Å². The van der Waals surface area contributed by atoms with Crippen LogP contribution in [0.15, 0.2) is 146 Å². The van der Waals surface area contributed by atoms with Crippen LogP contribution >= 0.6 is 0 Å². The van der Waals surface area contributed by atoms with Gasteiger partial charge in [0.15, 0.2) is 0 Å². The Hall–Kier alpha value is -15.4. The van der Waals surface area contributed by atoms with E-state index in [2.05, 4.69) is 47.9 Å². The first-order valence-electron chi connectivity index (χ1n) is 36.6. The van der Waals surface area contributed by atoms with Gasteiger partial charge in [0.2, 0.25) is 0 Å². The molecule has 0 bridgehead atoms. The highest BCUT2D eigenvalue weighted by atomic mass is 16.9. The number of amides is 18. The van der Waals surface area contributed by atoms with E-state index in [-0.39, 0.29) is 64.9 Å². The van der Waals surface area contributed by atoms with Crippen molar-refractivity contribution >= 4 is 100 Å². The van der Waals surface area contributed by atoms with Gasteiger partial charge < -0.3 is 52.5 Å². The van der Waals surface area contributed by atoms with Gasteiger partial charge in [-0.3, -0.25) is 85.7 Å². The number of anilines is 2. The van der Waals surface area contributed by atoms with Crippen LogP contribution in [0.25, 0.3) is 0 Å². The molecular weight excluding hydrogens is 1560 g/mol. The summed E-state index contributed by atoms with van der Waals surface area (Å²) in [4.78, 5) is 192. The van der Waals surface area contributed by atoms with Crippen molar-refractivity contribution < 1.29 is 92.8 Å². The van der Waals surface area contributed by atoms with Crippen LogP contribution in [-0.2, 0) is 123 Å². The number of benzene rings is 7. The lowest BCUT2D eigenvalue weighted by atomic mass is 9.95. The zero-order valence-corrected chi connectivity index (χ0v) is 63.5. The van der Waals surface area contributed by atoms with Gasteiger partial charge in [0.05, 0.1) is 9.85 Å². The van der Waals surface area contributed by atoms with Crippen molar-refractivity contribution in [2.75, 3.05) is 32.6 Å². The summed E-state index contributed by atoms with van der Waals surface area (Å²) in [7, 11) is 4.92. The molecule has 119 heavy (non-hydrogen) atoms. The molecule has 15 N–H and O–H groups in total. The maximum Gasteiger partial charge on any atom is 0.324 e. The Balaban J connectivity index is 0.000000126. The van der Waals surface area contributed by atoms with Gasteiger partial charge >= 0.3 is 36.2 Å². The van der Waals surface area contributed by atoms with Gasteiger partial charge in [0.25, 0.3) is 57.0 Å². The molecule has 4 atom stereocenters. The Morgan fingerprint density at radius 2 is 0.538 bits per heavy atom. The molecule has 6 heterocycles. The van der Waals surface area contributed by atoms with Gasteiger partial charge in [-0.1, -0.05) is 97.1 Å². The molecule has 6 saturated heterocycles. The molecule has 4 unspecified atom stereocenters. The Labute approximate surface area is 672 Å². The highest BCUT2D eigenvalue weighted by Gasteiger charge is 2.58. The number of Topliss-reactive ketones (excluding diaryl/α,β-unsaturated/α-hetero) is 1. The first kappa shape index (κ1) is 83.1. The number of nitrogens with zero attached hydrogens (tertiary/aromatic N) is 7. The number of hydrogen-bond donors (Lipinski definition) is 13. The summed E-state index contributed by atoms with van der Waals surface area (Å²) in [6.45, 7) is 0. The highest BCUT2D eigenvalue weighted by molar-refractivity contribution is 6.11. The van der Waals surface area contributed by atoms with Crippen molar-refractivity contribution in [1.29, 1.82) is 0 Å². The number of carbonyl (C=O) groups is 13. The molecule has 18 amide bonds. The number of nitrogens with one attached hydrogen (secondary N) is 9. The normalized spacial score (nSPS) is 22.4. The van der Waals surface area contributed by atoms with E-state index in [1.807, 2.05) is 109 Å². The molecule has 13 aliphatic rings. The number of non-ortho nitro benzene ring substituents is 2. The molecule has 0 aromatic heterocycles. The van der Waals surface area contributed by atoms with Crippen LogP contribution in [0.1, 0.15) is 77.9 Å². The Morgan fingerprint density at radius 1 is 0.311 bits per heavy atom. The molecule has 7 aromatic carbocycles. The summed E-state index contributed by atoms with van der Waals surface area (Å²) in [6.07, 6.45) is 7.29. The lowest BCUT2D eigenvalue weighted by Gasteiger charge is -2.27. The number of hydrogen-bond acceptors (Lipinski definition) is 23. The third-order valence-electron chi connectivity index (χ3n) is 23.1. The number of nitrogens with two attached hydrogens (primary N) is 2. The number of nitro benzene ring substituents is 2. The lowest BCUT2D eigenvalue weighted by molar-refractivity contribution is -0.742. The second-order valence-electron chi connectivity index (χ2n) is 30.3. The number of ketones is 1. The van der Waals surface area contributed by atoms with Crippen LogP contribution in [-0.4, -0.2) is 177 Å². The third kappa shape index (κ3) is 16.6. The second-order valence-corrected chi connectivity index (χ2v) is 30.3. The third-order valence-corrected chi connectivity index (χ3v) is 23.1. The first-order valence-corrected chi connectivity index (χ1v) is 36.6. The van der Waals surface area contributed by atoms with E-state index >= 15 is 0 Å². The topological polar surface area (TPSA) is 605 Å². The highest BCUT2D eigenvalue weighted by Crippen LogP contribution is 2.42. The number of carbonyl (C=O) groups excluding carboxylic acids is 13.